The third-order valence-electron chi connectivity index (χ3n) is 32.5. The number of amides is 7. The third kappa shape index (κ3) is 57.0. The van der Waals surface area contributed by atoms with Gasteiger partial charge in [0.15, 0.2) is 0 Å². The number of piperidine rings is 7. The molecular weight excluding hydrogens is 1730 g/mol. The van der Waals surface area contributed by atoms with Crippen molar-refractivity contribution in [2.24, 2.45) is 147 Å². The molecule has 11 unspecified atom stereocenters. The van der Waals surface area contributed by atoms with Crippen molar-refractivity contribution in [2.75, 3.05) is 98.2 Å². The van der Waals surface area contributed by atoms with Crippen LogP contribution >= 0.6 is 0 Å². The summed E-state index contributed by atoms with van der Waals surface area (Å²) >= 11 is 0. The molecular formula is C119H234N12O8. The molecule has 0 radical (unpaired) electrons. The summed E-state index contributed by atoms with van der Waals surface area (Å²) in [7, 11) is 0. The summed E-state index contributed by atoms with van der Waals surface area (Å²) in [6, 6.07) is 1.13. The van der Waals surface area contributed by atoms with Gasteiger partial charge in [0.2, 0.25) is 41.4 Å². The minimum absolute atomic E-state index is 0.129. The molecule has 0 aromatic carbocycles. The number of β-lactam (4-membered cyclic amide) rings is 1. The fourth-order valence-corrected chi connectivity index (χ4v) is 20.2. The maximum atomic E-state index is 11.3. The highest BCUT2D eigenvalue weighted by atomic mass is 16.2. The number of carbonyl (C=O) groups is 8. The van der Waals surface area contributed by atoms with Gasteiger partial charge in [-0.15, -0.1) is 0 Å². The first-order valence-electron chi connectivity index (χ1n) is 56.2. The molecule has 0 spiro atoms. The molecule has 2 aliphatic carbocycles. The molecule has 12 heterocycles. The number of rotatable bonds is 0. The van der Waals surface area contributed by atoms with Gasteiger partial charge in [-0.3, -0.25) is 38.4 Å². The second kappa shape index (κ2) is 59.7. The van der Waals surface area contributed by atoms with E-state index in [4.69, 9.17) is 0 Å². The highest BCUT2D eigenvalue weighted by Gasteiger charge is 2.41. The van der Waals surface area contributed by atoms with Crippen molar-refractivity contribution in [3.8, 4) is 0 Å². The maximum absolute atomic E-state index is 11.3. The van der Waals surface area contributed by atoms with Gasteiger partial charge in [0.25, 0.3) is 0 Å². The summed E-state index contributed by atoms with van der Waals surface area (Å²) in [6.07, 6.45) is 30.1. The lowest BCUT2D eigenvalue weighted by molar-refractivity contribution is -0.136. The molecule has 14 aliphatic rings. The summed E-state index contributed by atoms with van der Waals surface area (Å²) in [5, 5.41) is 37.1. The lowest BCUT2D eigenvalue weighted by Gasteiger charge is -2.38. The fraction of sp³-hybridized carbons (Fsp3) is 0.933. The van der Waals surface area contributed by atoms with Gasteiger partial charge in [0, 0.05) is 102 Å². The number of nitrogens with one attached hydrogen (secondary N) is 12. The van der Waals surface area contributed by atoms with Gasteiger partial charge in [0.05, 0.1) is 5.92 Å². The first-order chi connectivity index (χ1) is 63.2. The number of hydrogen-bond donors (Lipinski definition) is 12. The molecule has 12 saturated heterocycles. The molecule has 0 aromatic heterocycles. The smallest absolute Gasteiger partial charge is 0.225 e. The molecule has 0 bridgehead atoms. The van der Waals surface area contributed by atoms with Crippen LogP contribution in [0, 0.1) is 147 Å². The van der Waals surface area contributed by atoms with Crippen LogP contribution in [0.2, 0.25) is 0 Å². The van der Waals surface area contributed by atoms with Crippen molar-refractivity contribution in [3.05, 3.63) is 0 Å². The van der Waals surface area contributed by atoms with E-state index in [-0.39, 0.29) is 91.6 Å². The van der Waals surface area contributed by atoms with Gasteiger partial charge in [-0.2, -0.15) is 0 Å². The van der Waals surface area contributed by atoms with Crippen LogP contribution in [-0.4, -0.2) is 157 Å². The molecule has 12 N–H and O–H groups in total. The van der Waals surface area contributed by atoms with Crippen molar-refractivity contribution in [3.63, 3.8) is 0 Å². The quantitative estimate of drug-likeness (QED) is 0.101. The zero-order chi connectivity index (χ0) is 107. The Bertz CT molecular complexity index is 3280. The number of carbonyl (C=O) groups excluding carboxylic acids is 8. The van der Waals surface area contributed by atoms with Crippen LogP contribution in [0.25, 0.3) is 0 Å². The van der Waals surface area contributed by atoms with E-state index < -0.39 is 0 Å². The Morgan fingerprint density at radius 2 is 0.540 bits per heavy atom. The van der Waals surface area contributed by atoms with Crippen LogP contribution < -0.4 is 63.8 Å². The van der Waals surface area contributed by atoms with Crippen LogP contribution in [0.15, 0.2) is 0 Å². The fourth-order valence-electron chi connectivity index (χ4n) is 20.2. The molecule has 20 heteroatoms. The predicted molar refractivity (Wildman–Crippen MR) is 593 cm³/mol. The lowest BCUT2D eigenvalue weighted by atomic mass is 9.75. The van der Waals surface area contributed by atoms with Crippen molar-refractivity contribution in [2.45, 2.75) is 470 Å². The van der Waals surface area contributed by atoms with Gasteiger partial charge in [0.1, 0.15) is 5.78 Å². The monoisotopic (exact) mass is 1960 g/mol. The SMILES string of the molecule is CC(C)(C)C1CCC(=O)C1.CC(C)(C)C1CCC(=O)NC1.CC(C)(C)C1CCCC(=O)N1.CC(C)(C)C1CCCC1.CC(C)(C)C1CCCCN1.CC(C)(C)C1CCCNC1.CC(C)(C)C1CCCNC1=O.CC(C)(C)C1CCNC(=O)C1.CC(C)(C)C1CCNC1.CC(C)(C)C1CCNC1=O.CC(C)(C)C1CCNCC1.CC(C)(C)C1CNC(=O)C1.CC(C)(C)C1CNC1.CC(C)(C)C1CNC1=O. The Hall–Kier alpha value is -4.24. The Labute approximate surface area is 859 Å². The van der Waals surface area contributed by atoms with Crippen molar-refractivity contribution in [1.29, 1.82) is 0 Å². The van der Waals surface area contributed by atoms with Gasteiger partial charge >= 0.3 is 0 Å². The molecule has 12 aliphatic heterocycles. The normalized spacial score (nSPS) is 26.4. The zero-order valence-electron chi connectivity index (χ0n) is 99.3. The third-order valence-corrected chi connectivity index (χ3v) is 32.5. The summed E-state index contributed by atoms with van der Waals surface area (Å²) in [5.41, 5.74) is 5.02. The van der Waals surface area contributed by atoms with Gasteiger partial charge in [-0.1, -0.05) is 310 Å². The predicted octanol–water partition coefficient (Wildman–Crippen LogP) is 24.3. The average molecular weight is 1960 g/mol. The Morgan fingerprint density at radius 3 is 0.791 bits per heavy atom. The summed E-state index contributed by atoms with van der Waals surface area (Å²) < 4.78 is 0. The van der Waals surface area contributed by atoms with E-state index in [1.165, 1.54) is 136 Å². The molecule has 14 rings (SSSR count). The highest BCUT2D eigenvalue weighted by Crippen LogP contribution is 2.43. The van der Waals surface area contributed by atoms with E-state index >= 15 is 0 Å². The van der Waals surface area contributed by atoms with E-state index in [0.717, 1.165) is 139 Å². The summed E-state index contributed by atoms with van der Waals surface area (Å²) in [6.45, 7) is 110. The second-order valence-electron chi connectivity index (χ2n) is 58.9. The Kier molecular flexibility index (Phi) is 57.0. The standard InChI is InChI=1S/4C9H17NO.3C9H19N.C9H16O.C9H18.2C8H15NO.C8H17N.C7H13NO.C7H15N/c1-9(2,3)7-4-5-10-8(11)6-7;1-9(2,3)7-4-5-8(11)10-6-7;1-9(2,3)7-5-4-6-10-8(7)11;1-9(2,3)7-5-4-6-8(11)10-7;1-9(2,3)8-4-6-10-7-5-8;1-9(2,3)8-5-4-6-10-7-8;1-9(2,3)8-6-4-5-7-10-8;1-9(2,3)7-4-5-8(10)6-7;1-9(2,3)8-6-4-5-7-8;1-8(2,3)6-4-7(10)9-5-6;1-8(2,3)6-4-5-9-7(6)10;1-8(2,3)7-4-5-9-6-7;1-7(2,3)5-4-8-6(5)9;1-7(2,3)6-4-8-5-6/h4*7H,4-6H2,1-3H3,(H,10,11);3*8,10H,4-7H2,1-3H3;7H,4-6H2,1-3H3;8H,4-7H2,1-3H3;2*6H,4-5H2,1-3H3,(H,9,10);7,9H,4-6H2,1-3H3;5H,4H2,1-3H3,(H,8,9);6,8H,4-5H2,1-3H3. The summed E-state index contributed by atoms with van der Waals surface area (Å²) in [5.74, 6) is 9.74. The number of hydrogen-bond acceptors (Lipinski definition) is 13. The minimum Gasteiger partial charge on any atom is -0.356 e. The van der Waals surface area contributed by atoms with E-state index in [9.17, 15) is 38.4 Å². The zero-order valence-corrected chi connectivity index (χ0v) is 99.3. The first-order valence-corrected chi connectivity index (χ1v) is 56.2. The molecule has 14 fully saturated rings. The van der Waals surface area contributed by atoms with E-state index in [0.29, 0.717) is 104 Å². The van der Waals surface area contributed by atoms with Crippen molar-refractivity contribution >= 4 is 47.1 Å². The van der Waals surface area contributed by atoms with Crippen LogP contribution in [0.3, 0.4) is 0 Å². The number of ketones is 1. The molecule has 818 valence electrons. The van der Waals surface area contributed by atoms with E-state index in [1.807, 2.05) is 0 Å². The van der Waals surface area contributed by atoms with Gasteiger partial charge in [-0.25, -0.2) is 0 Å². The maximum Gasteiger partial charge on any atom is 0.225 e. The number of Topliss-reactive ketones (excluding diaryl/α,β-unsaturated/α-hetero) is 1. The Balaban J connectivity index is 0.000000749. The van der Waals surface area contributed by atoms with Crippen molar-refractivity contribution in [1.82, 2.24) is 63.8 Å². The van der Waals surface area contributed by atoms with E-state index in [2.05, 4.69) is 355 Å². The molecule has 7 amide bonds. The van der Waals surface area contributed by atoms with Gasteiger partial charge in [-0.05, 0) is 297 Å². The molecule has 139 heavy (non-hydrogen) atoms. The molecule has 11 atom stereocenters. The topological polar surface area (TPSA) is 281 Å². The average Bonchev–Trinajstić information content (AvgIpc) is 1.71. The molecule has 0 aromatic rings. The Morgan fingerprint density at radius 1 is 0.187 bits per heavy atom. The first kappa shape index (κ1) is 133. The largest absolute Gasteiger partial charge is 0.356 e. The minimum atomic E-state index is 0.129. The van der Waals surface area contributed by atoms with Crippen LogP contribution in [0.4, 0.5) is 0 Å². The van der Waals surface area contributed by atoms with Crippen LogP contribution in [0.5, 0.6) is 0 Å². The second-order valence-corrected chi connectivity index (χ2v) is 58.9. The highest BCUT2D eigenvalue weighted by molar-refractivity contribution is 5.85. The van der Waals surface area contributed by atoms with Crippen LogP contribution in [0.1, 0.15) is 458 Å². The van der Waals surface area contributed by atoms with Crippen LogP contribution in [-0.2, 0) is 38.4 Å². The van der Waals surface area contributed by atoms with Gasteiger partial charge < -0.3 is 63.8 Å². The van der Waals surface area contributed by atoms with E-state index in [1.54, 1.807) is 0 Å². The lowest BCUT2D eigenvalue weighted by Crippen LogP contribution is -2.54. The summed E-state index contributed by atoms with van der Waals surface area (Å²) in [4.78, 5) is 87.7. The van der Waals surface area contributed by atoms with Crippen molar-refractivity contribution < 1.29 is 38.4 Å². The molecule has 2 saturated carbocycles. The molecule has 20 nitrogen and oxygen atoms in total.